The fourth-order valence-electron chi connectivity index (χ4n) is 2.42. The number of amides is 1. The summed E-state index contributed by atoms with van der Waals surface area (Å²) in [4.78, 5) is 12.1. The van der Waals surface area contributed by atoms with E-state index in [2.05, 4.69) is 20.8 Å². The van der Waals surface area contributed by atoms with Gasteiger partial charge in [0.05, 0.1) is 14.2 Å². The lowest BCUT2D eigenvalue weighted by Gasteiger charge is -2.12. The molecule has 0 atom stereocenters. The lowest BCUT2D eigenvalue weighted by Crippen LogP contribution is -2.22. The van der Waals surface area contributed by atoms with Gasteiger partial charge in [0.2, 0.25) is 5.91 Å². The highest BCUT2D eigenvalue weighted by molar-refractivity contribution is 5.91. The van der Waals surface area contributed by atoms with Crippen LogP contribution in [-0.2, 0) is 4.79 Å². The molecule has 7 heteroatoms. The van der Waals surface area contributed by atoms with Gasteiger partial charge >= 0.3 is 0 Å². The van der Waals surface area contributed by atoms with Crippen molar-refractivity contribution in [2.75, 3.05) is 24.9 Å². The molecule has 0 bridgehead atoms. The average Bonchev–Trinajstić information content (AvgIpc) is 2.64. The number of methoxy groups -OCH3 is 2. The maximum atomic E-state index is 12.1. The van der Waals surface area contributed by atoms with E-state index in [1.54, 1.807) is 32.4 Å². The van der Waals surface area contributed by atoms with Crippen molar-refractivity contribution in [2.24, 2.45) is 5.92 Å². The second kappa shape index (κ2) is 8.86. The molecule has 25 heavy (non-hydrogen) atoms. The molecule has 134 valence electrons. The van der Waals surface area contributed by atoms with Gasteiger partial charge < -0.3 is 20.1 Å². The third-order valence-electron chi connectivity index (χ3n) is 3.93. The molecule has 0 saturated heterocycles. The number of rotatable bonds is 8. The molecule has 0 aliphatic rings. The van der Waals surface area contributed by atoms with Gasteiger partial charge in [-0.2, -0.15) is 0 Å². The summed E-state index contributed by atoms with van der Waals surface area (Å²) in [6, 6.07) is 8.94. The molecule has 0 unspecified atom stereocenters. The van der Waals surface area contributed by atoms with E-state index in [1.165, 1.54) is 0 Å². The first-order valence-corrected chi connectivity index (χ1v) is 8.24. The first-order valence-electron chi connectivity index (χ1n) is 8.24. The van der Waals surface area contributed by atoms with Crippen LogP contribution < -0.4 is 20.1 Å². The Hall–Kier alpha value is -2.83. The number of carbonyl (C=O) groups excluding carboxylic acids is 1. The Balaban J connectivity index is 2.04. The SMILES string of the molecule is CCC(CC)C(=O)Nc1ccc(Nc2ccc(OC)c(OC)c2)nn1. The van der Waals surface area contributed by atoms with Crippen molar-refractivity contribution >= 4 is 23.2 Å². The van der Waals surface area contributed by atoms with Crippen LogP contribution in [0, 0.1) is 5.92 Å². The zero-order valence-corrected chi connectivity index (χ0v) is 15.0. The highest BCUT2D eigenvalue weighted by atomic mass is 16.5. The highest BCUT2D eigenvalue weighted by Crippen LogP contribution is 2.30. The van der Waals surface area contributed by atoms with Gasteiger partial charge in [-0.25, -0.2) is 0 Å². The third-order valence-corrected chi connectivity index (χ3v) is 3.93. The van der Waals surface area contributed by atoms with Gasteiger partial charge in [-0.3, -0.25) is 4.79 Å². The number of hydrogen-bond donors (Lipinski definition) is 2. The molecule has 2 rings (SSSR count). The second-order valence-electron chi connectivity index (χ2n) is 5.50. The largest absolute Gasteiger partial charge is 0.493 e. The number of hydrogen-bond acceptors (Lipinski definition) is 6. The zero-order chi connectivity index (χ0) is 18.2. The van der Waals surface area contributed by atoms with Crippen molar-refractivity contribution in [1.82, 2.24) is 10.2 Å². The maximum absolute atomic E-state index is 12.1. The number of nitrogens with zero attached hydrogens (tertiary/aromatic N) is 2. The van der Waals surface area contributed by atoms with Gasteiger partial charge in [0.25, 0.3) is 0 Å². The molecule has 1 heterocycles. The van der Waals surface area contributed by atoms with Crippen molar-refractivity contribution in [3.05, 3.63) is 30.3 Å². The fraction of sp³-hybridized carbons (Fsp3) is 0.389. The molecule has 0 aliphatic carbocycles. The number of benzene rings is 1. The van der Waals surface area contributed by atoms with E-state index in [-0.39, 0.29) is 11.8 Å². The molecule has 2 aromatic rings. The first-order chi connectivity index (χ1) is 12.1. The van der Waals surface area contributed by atoms with Crippen molar-refractivity contribution in [1.29, 1.82) is 0 Å². The van der Waals surface area contributed by atoms with E-state index in [4.69, 9.17) is 9.47 Å². The van der Waals surface area contributed by atoms with Crippen LogP contribution in [0.1, 0.15) is 26.7 Å². The van der Waals surface area contributed by atoms with Gasteiger partial charge in [0, 0.05) is 17.7 Å². The maximum Gasteiger partial charge on any atom is 0.228 e. The molecule has 0 spiro atoms. The van der Waals surface area contributed by atoms with E-state index in [1.807, 2.05) is 26.0 Å². The highest BCUT2D eigenvalue weighted by Gasteiger charge is 2.14. The normalized spacial score (nSPS) is 10.4. The van der Waals surface area contributed by atoms with Crippen molar-refractivity contribution < 1.29 is 14.3 Å². The van der Waals surface area contributed by atoms with Gasteiger partial charge in [-0.05, 0) is 37.1 Å². The molecule has 0 aliphatic heterocycles. The lowest BCUT2D eigenvalue weighted by atomic mass is 10.0. The summed E-state index contributed by atoms with van der Waals surface area (Å²) in [5, 5.41) is 14.1. The fourth-order valence-corrected chi connectivity index (χ4v) is 2.42. The Morgan fingerprint density at radius 3 is 2.20 bits per heavy atom. The molecule has 1 amide bonds. The van der Waals surface area contributed by atoms with E-state index in [0.29, 0.717) is 23.1 Å². The Morgan fingerprint density at radius 1 is 1.00 bits per heavy atom. The average molecular weight is 344 g/mol. The number of nitrogens with one attached hydrogen (secondary N) is 2. The summed E-state index contributed by atoms with van der Waals surface area (Å²) >= 11 is 0. The molecule has 2 N–H and O–H groups in total. The summed E-state index contributed by atoms with van der Waals surface area (Å²) < 4.78 is 10.5. The van der Waals surface area contributed by atoms with Crippen LogP contribution in [0.25, 0.3) is 0 Å². The molecule has 1 aromatic heterocycles. The third kappa shape index (κ3) is 4.82. The van der Waals surface area contributed by atoms with Crippen molar-refractivity contribution in [3.63, 3.8) is 0 Å². The van der Waals surface area contributed by atoms with Crippen LogP contribution in [-0.4, -0.2) is 30.3 Å². The minimum atomic E-state index is -0.0279. The van der Waals surface area contributed by atoms with Gasteiger partial charge in [0.1, 0.15) is 0 Å². The Labute approximate surface area is 147 Å². The standard InChI is InChI=1S/C18H24N4O3/c1-5-12(6-2)18(23)20-17-10-9-16(21-22-17)19-13-7-8-14(24-3)15(11-13)25-4/h7-12H,5-6H2,1-4H3,(H,19,21)(H,20,22,23). The summed E-state index contributed by atoms with van der Waals surface area (Å²) in [5.41, 5.74) is 0.792. The van der Waals surface area contributed by atoms with Gasteiger partial charge in [0.15, 0.2) is 23.1 Å². The predicted molar refractivity (Wildman–Crippen MR) is 97.6 cm³/mol. The summed E-state index contributed by atoms with van der Waals surface area (Å²) in [7, 11) is 3.17. The monoisotopic (exact) mass is 344 g/mol. The molecule has 0 saturated carbocycles. The van der Waals surface area contributed by atoms with Gasteiger partial charge in [-0.1, -0.05) is 13.8 Å². The Morgan fingerprint density at radius 2 is 1.64 bits per heavy atom. The number of ether oxygens (including phenoxy) is 2. The van der Waals surface area contributed by atoms with Crippen LogP contribution in [0.2, 0.25) is 0 Å². The second-order valence-corrected chi connectivity index (χ2v) is 5.50. The summed E-state index contributed by atoms with van der Waals surface area (Å²) in [6.07, 6.45) is 1.60. The zero-order valence-electron chi connectivity index (χ0n) is 15.0. The van der Waals surface area contributed by atoms with E-state index in [0.717, 1.165) is 18.5 Å². The van der Waals surface area contributed by atoms with Crippen molar-refractivity contribution in [2.45, 2.75) is 26.7 Å². The number of carbonyl (C=O) groups is 1. The summed E-state index contributed by atoms with van der Waals surface area (Å²) in [5.74, 6) is 2.24. The van der Waals surface area contributed by atoms with Crippen LogP contribution in [0.4, 0.5) is 17.3 Å². The Bertz CT molecular complexity index is 700. The number of aromatic nitrogens is 2. The molecular weight excluding hydrogens is 320 g/mol. The van der Waals surface area contributed by atoms with Crippen LogP contribution in [0.3, 0.4) is 0 Å². The number of anilines is 3. The lowest BCUT2D eigenvalue weighted by molar-refractivity contribution is -0.120. The Kier molecular flexibility index (Phi) is 6.56. The molecule has 7 nitrogen and oxygen atoms in total. The van der Waals surface area contributed by atoms with Crippen LogP contribution in [0.5, 0.6) is 11.5 Å². The molecule has 1 aromatic carbocycles. The van der Waals surface area contributed by atoms with E-state index >= 15 is 0 Å². The smallest absolute Gasteiger partial charge is 0.228 e. The molecular formula is C18H24N4O3. The topological polar surface area (TPSA) is 85.4 Å². The first kappa shape index (κ1) is 18.5. The van der Waals surface area contributed by atoms with Crippen LogP contribution >= 0.6 is 0 Å². The van der Waals surface area contributed by atoms with E-state index < -0.39 is 0 Å². The molecule has 0 fully saturated rings. The van der Waals surface area contributed by atoms with Crippen molar-refractivity contribution in [3.8, 4) is 11.5 Å². The quantitative estimate of drug-likeness (QED) is 0.761. The molecule has 0 radical (unpaired) electrons. The predicted octanol–water partition coefficient (Wildman–Crippen LogP) is 3.61. The minimum absolute atomic E-state index is 0.00799. The van der Waals surface area contributed by atoms with Gasteiger partial charge in [-0.15, -0.1) is 10.2 Å². The van der Waals surface area contributed by atoms with Crippen LogP contribution in [0.15, 0.2) is 30.3 Å². The summed E-state index contributed by atoms with van der Waals surface area (Å²) in [6.45, 7) is 3.99. The van der Waals surface area contributed by atoms with E-state index in [9.17, 15) is 4.79 Å². The minimum Gasteiger partial charge on any atom is -0.493 e.